The summed E-state index contributed by atoms with van der Waals surface area (Å²) in [6.07, 6.45) is 3.70. The van der Waals surface area contributed by atoms with Gasteiger partial charge in [0.2, 0.25) is 0 Å². The number of aryl methyl sites for hydroxylation is 1. The number of aromatic nitrogens is 2. The molecule has 0 bridgehead atoms. The number of nitrogens with two attached hydrogens (primary N) is 1. The Labute approximate surface area is 113 Å². The van der Waals surface area contributed by atoms with E-state index in [2.05, 4.69) is 12.0 Å². The molecule has 1 aromatic carbocycles. The van der Waals surface area contributed by atoms with E-state index in [1.807, 2.05) is 42.1 Å². The van der Waals surface area contributed by atoms with Crippen LogP contribution < -0.4 is 5.73 Å². The lowest BCUT2D eigenvalue weighted by Crippen LogP contribution is -2.21. The van der Waals surface area contributed by atoms with Gasteiger partial charge in [0.05, 0.1) is 11.4 Å². The minimum absolute atomic E-state index is 0.167. The second kappa shape index (κ2) is 5.55. The zero-order chi connectivity index (χ0) is 13.1. The minimum Gasteiger partial charge on any atom is -0.327 e. The van der Waals surface area contributed by atoms with Gasteiger partial charge in [-0.05, 0) is 43.5 Å². The maximum atomic E-state index is 6.29. The average molecular weight is 264 g/mol. The quantitative estimate of drug-likeness (QED) is 0.921. The molecule has 1 aromatic heterocycles. The molecule has 0 spiro atoms. The number of rotatable bonds is 4. The Balaban J connectivity index is 2.24. The van der Waals surface area contributed by atoms with Gasteiger partial charge in [0, 0.05) is 17.3 Å². The number of halogens is 1. The van der Waals surface area contributed by atoms with Crippen molar-refractivity contribution in [3.05, 3.63) is 46.7 Å². The molecule has 0 amide bonds. The van der Waals surface area contributed by atoms with Crippen molar-refractivity contribution >= 4 is 11.6 Å². The predicted molar refractivity (Wildman–Crippen MR) is 75.3 cm³/mol. The Bertz CT molecular complexity index is 534. The van der Waals surface area contributed by atoms with Crippen LogP contribution in [0.3, 0.4) is 0 Å². The highest BCUT2D eigenvalue weighted by atomic mass is 35.5. The lowest BCUT2D eigenvalue weighted by atomic mass is 10.0. The first kappa shape index (κ1) is 13.1. The molecular weight excluding hydrogens is 246 g/mol. The average Bonchev–Trinajstić information content (AvgIpc) is 2.78. The van der Waals surface area contributed by atoms with E-state index in [-0.39, 0.29) is 6.04 Å². The molecule has 1 unspecified atom stereocenters. The van der Waals surface area contributed by atoms with Gasteiger partial charge in [0.25, 0.3) is 0 Å². The van der Waals surface area contributed by atoms with Crippen LogP contribution >= 0.6 is 11.6 Å². The van der Waals surface area contributed by atoms with Crippen LogP contribution in [0.25, 0.3) is 5.69 Å². The van der Waals surface area contributed by atoms with Gasteiger partial charge in [-0.1, -0.05) is 24.6 Å². The summed E-state index contributed by atoms with van der Waals surface area (Å²) < 4.78 is 1.82. The number of benzene rings is 1. The predicted octanol–water partition coefficient (Wildman–Crippen LogP) is 3.11. The van der Waals surface area contributed by atoms with E-state index in [0.717, 1.165) is 34.8 Å². The van der Waals surface area contributed by atoms with Crippen LogP contribution in [0.2, 0.25) is 5.02 Å². The third kappa shape index (κ3) is 2.92. The van der Waals surface area contributed by atoms with E-state index >= 15 is 0 Å². The molecule has 0 saturated heterocycles. The Morgan fingerprint density at radius 2 is 2.17 bits per heavy atom. The monoisotopic (exact) mass is 263 g/mol. The van der Waals surface area contributed by atoms with Gasteiger partial charge < -0.3 is 5.73 Å². The molecule has 0 fully saturated rings. The maximum Gasteiger partial charge on any atom is 0.0660 e. The molecule has 3 nitrogen and oxygen atoms in total. The Morgan fingerprint density at radius 3 is 2.72 bits per heavy atom. The Hall–Kier alpha value is -1.32. The van der Waals surface area contributed by atoms with Crippen LogP contribution in [-0.2, 0) is 6.42 Å². The lowest BCUT2D eigenvalue weighted by Gasteiger charge is -2.11. The molecule has 0 radical (unpaired) electrons. The maximum absolute atomic E-state index is 6.29. The Kier molecular flexibility index (Phi) is 4.04. The number of hydrogen-bond acceptors (Lipinski definition) is 2. The van der Waals surface area contributed by atoms with Gasteiger partial charge in [-0.2, -0.15) is 5.10 Å². The van der Waals surface area contributed by atoms with Crippen LogP contribution in [-0.4, -0.2) is 15.8 Å². The molecule has 0 aliphatic heterocycles. The van der Waals surface area contributed by atoms with Crippen LogP contribution in [0.5, 0.6) is 0 Å². The van der Waals surface area contributed by atoms with Gasteiger partial charge in [-0.25, -0.2) is 4.68 Å². The summed E-state index contributed by atoms with van der Waals surface area (Å²) in [6, 6.07) is 8.13. The smallest absolute Gasteiger partial charge is 0.0660 e. The summed E-state index contributed by atoms with van der Waals surface area (Å²) in [4.78, 5) is 0. The minimum atomic E-state index is 0.167. The van der Waals surface area contributed by atoms with Crippen molar-refractivity contribution in [1.82, 2.24) is 9.78 Å². The molecule has 1 heterocycles. The van der Waals surface area contributed by atoms with E-state index in [9.17, 15) is 0 Å². The molecule has 2 N–H and O–H groups in total. The van der Waals surface area contributed by atoms with Gasteiger partial charge in [0.15, 0.2) is 0 Å². The first-order valence-electron chi connectivity index (χ1n) is 6.16. The topological polar surface area (TPSA) is 43.8 Å². The first-order valence-corrected chi connectivity index (χ1v) is 6.54. The van der Waals surface area contributed by atoms with E-state index < -0.39 is 0 Å². The van der Waals surface area contributed by atoms with Crippen molar-refractivity contribution in [2.24, 2.45) is 5.73 Å². The standard InChI is InChI=1S/C14H18ClN3/c1-3-12(16)8-11-4-5-13(9-14(11)15)18-7-6-10(2)17-18/h4-7,9,12H,3,8,16H2,1-2H3. The fourth-order valence-corrected chi connectivity index (χ4v) is 2.08. The molecule has 2 aromatic rings. The summed E-state index contributed by atoms with van der Waals surface area (Å²) >= 11 is 6.29. The molecule has 4 heteroatoms. The number of hydrogen-bond donors (Lipinski definition) is 1. The summed E-state index contributed by atoms with van der Waals surface area (Å²) in [5.74, 6) is 0. The second-order valence-corrected chi connectivity index (χ2v) is 4.96. The van der Waals surface area contributed by atoms with Crippen LogP contribution in [0, 0.1) is 6.92 Å². The molecule has 2 rings (SSSR count). The van der Waals surface area contributed by atoms with Crippen molar-refractivity contribution in [2.45, 2.75) is 32.7 Å². The van der Waals surface area contributed by atoms with Crippen molar-refractivity contribution in [2.75, 3.05) is 0 Å². The van der Waals surface area contributed by atoms with Crippen molar-refractivity contribution < 1.29 is 0 Å². The molecule has 96 valence electrons. The second-order valence-electron chi connectivity index (χ2n) is 4.55. The fraction of sp³-hybridized carbons (Fsp3) is 0.357. The van der Waals surface area contributed by atoms with Gasteiger partial charge in [0.1, 0.15) is 0 Å². The third-order valence-corrected chi connectivity index (χ3v) is 3.38. The van der Waals surface area contributed by atoms with Crippen molar-refractivity contribution in [1.29, 1.82) is 0 Å². The highest BCUT2D eigenvalue weighted by Gasteiger charge is 2.07. The zero-order valence-electron chi connectivity index (χ0n) is 10.7. The van der Waals surface area contributed by atoms with E-state index in [1.165, 1.54) is 0 Å². The van der Waals surface area contributed by atoms with E-state index in [1.54, 1.807) is 0 Å². The van der Waals surface area contributed by atoms with Gasteiger partial charge in [-0.15, -0.1) is 0 Å². The van der Waals surface area contributed by atoms with Gasteiger partial charge in [-0.3, -0.25) is 0 Å². The molecule has 0 aliphatic rings. The fourth-order valence-electron chi connectivity index (χ4n) is 1.83. The largest absolute Gasteiger partial charge is 0.327 e. The third-order valence-electron chi connectivity index (χ3n) is 3.03. The highest BCUT2D eigenvalue weighted by Crippen LogP contribution is 2.21. The highest BCUT2D eigenvalue weighted by molar-refractivity contribution is 6.31. The number of nitrogens with zero attached hydrogens (tertiary/aromatic N) is 2. The van der Waals surface area contributed by atoms with Crippen LogP contribution in [0.4, 0.5) is 0 Å². The van der Waals surface area contributed by atoms with Crippen molar-refractivity contribution in [3.8, 4) is 5.69 Å². The molecule has 1 atom stereocenters. The lowest BCUT2D eigenvalue weighted by molar-refractivity contribution is 0.646. The Morgan fingerprint density at radius 1 is 1.39 bits per heavy atom. The van der Waals surface area contributed by atoms with E-state index in [4.69, 9.17) is 17.3 Å². The summed E-state index contributed by atoms with van der Waals surface area (Å²) in [5, 5.41) is 5.12. The van der Waals surface area contributed by atoms with Crippen LogP contribution in [0.1, 0.15) is 24.6 Å². The SMILES string of the molecule is CCC(N)Cc1ccc(-n2ccc(C)n2)cc1Cl. The van der Waals surface area contributed by atoms with E-state index in [0.29, 0.717) is 0 Å². The van der Waals surface area contributed by atoms with Gasteiger partial charge >= 0.3 is 0 Å². The summed E-state index contributed by atoms with van der Waals surface area (Å²) in [6.45, 7) is 4.05. The normalized spacial score (nSPS) is 12.7. The first-order chi connectivity index (χ1) is 8.60. The van der Waals surface area contributed by atoms with Crippen molar-refractivity contribution in [3.63, 3.8) is 0 Å². The van der Waals surface area contributed by atoms with Crippen LogP contribution in [0.15, 0.2) is 30.5 Å². The molecular formula is C14H18ClN3. The molecule has 0 aliphatic carbocycles. The molecule has 18 heavy (non-hydrogen) atoms. The molecule has 0 saturated carbocycles. The summed E-state index contributed by atoms with van der Waals surface area (Å²) in [7, 11) is 0. The summed E-state index contributed by atoms with van der Waals surface area (Å²) in [5.41, 5.74) is 9.01. The zero-order valence-corrected chi connectivity index (χ0v) is 11.5.